The molecule has 1 fully saturated rings. The quantitative estimate of drug-likeness (QED) is 0.723. The summed E-state index contributed by atoms with van der Waals surface area (Å²) in [5, 5.41) is 14.8. The third-order valence-electron chi connectivity index (χ3n) is 3.68. The molecule has 3 N–H and O–H groups in total. The Morgan fingerprint density at radius 2 is 2.19 bits per heavy atom. The second-order valence-corrected chi connectivity index (χ2v) is 6.03. The molecule has 0 radical (unpaired) electrons. The molecule has 1 aliphatic rings. The molecule has 21 heavy (non-hydrogen) atoms. The normalized spacial score (nSPS) is 15.8. The van der Waals surface area contributed by atoms with Crippen LogP contribution in [-0.4, -0.2) is 30.4 Å². The summed E-state index contributed by atoms with van der Waals surface area (Å²) in [4.78, 5) is 11.8. The van der Waals surface area contributed by atoms with Gasteiger partial charge < -0.3 is 20.5 Å². The summed E-state index contributed by atoms with van der Waals surface area (Å²) < 4.78 is 5.55. The summed E-state index contributed by atoms with van der Waals surface area (Å²) >= 11 is 0. The summed E-state index contributed by atoms with van der Waals surface area (Å²) in [5.74, 6) is 0. The molecule has 1 aromatic carbocycles. The van der Waals surface area contributed by atoms with Crippen LogP contribution in [0, 0.1) is 5.41 Å². The zero-order valence-corrected chi connectivity index (χ0v) is 12.7. The Morgan fingerprint density at radius 1 is 1.43 bits per heavy atom. The summed E-state index contributed by atoms with van der Waals surface area (Å²) in [6, 6.07) is 7.37. The van der Waals surface area contributed by atoms with Gasteiger partial charge >= 0.3 is 6.03 Å². The number of nitrogens with one attached hydrogen (secondary N) is 2. The molecule has 1 saturated carbocycles. The van der Waals surface area contributed by atoms with Crippen molar-refractivity contribution in [2.24, 2.45) is 5.41 Å². The summed E-state index contributed by atoms with van der Waals surface area (Å²) in [5.41, 5.74) is 1.69. The van der Waals surface area contributed by atoms with Crippen molar-refractivity contribution in [3.63, 3.8) is 0 Å². The van der Waals surface area contributed by atoms with E-state index in [9.17, 15) is 9.90 Å². The first kappa shape index (κ1) is 15.8. The number of rotatable bonds is 7. The summed E-state index contributed by atoms with van der Waals surface area (Å²) in [7, 11) is 0. The highest BCUT2D eigenvalue weighted by molar-refractivity contribution is 5.89. The van der Waals surface area contributed by atoms with Crippen LogP contribution in [0.4, 0.5) is 10.5 Å². The average molecular weight is 292 g/mol. The Kier molecular flexibility index (Phi) is 5.20. The van der Waals surface area contributed by atoms with Crippen molar-refractivity contribution in [3.8, 4) is 0 Å². The molecule has 0 unspecified atom stereocenters. The van der Waals surface area contributed by atoms with Gasteiger partial charge in [-0.1, -0.05) is 12.1 Å². The van der Waals surface area contributed by atoms with Gasteiger partial charge in [0.1, 0.15) is 0 Å². The summed E-state index contributed by atoms with van der Waals surface area (Å²) in [6.07, 6.45) is 2.13. The maximum absolute atomic E-state index is 11.8. The number of carbonyl (C=O) groups excluding carboxylic acids is 1. The average Bonchev–Trinajstić information content (AvgIpc) is 3.24. The third-order valence-corrected chi connectivity index (χ3v) is 3.68. The van der Waals surface area contributed by atoms with Crippen LogP contribution in [0.25, 0.3) is 0 Å². The Morgan fingerprint density at radius 3 is 2.81 bits per heavy atom. The van der Waals surface area contributed by atoms with Gasteiger partial charge in [-0.15, -0.1) is 0 Å². The smallest absolute Gasteiger partial charge is 0.319 e. The lowest BCUT2D eigenvalue weighted by molar-refractivity contribution is 0.0657. The van der Waals surface area contributed by atoms with Crippen LogP contribution in [0.2, 0.25) is 0 Å². The second-order valence-electron chi connectivity index (χ2n) is 6.03. The zero-order valence-electron chi connectivity index (χ0n) is 12.7. The molecule has 1 aromatic rings. The van der Waals surface area contributed by atoms with Gasteiger partial charge in [0.25, 0.3) is 0 Å². The second kappa shape index (κ2) is 6.91. The van der Waals surface area contributed by atoms with E-state index < -0.39 is 0 Å². The Hall–Kier alpha value is -1.59. The molecule has 2 rings (SSSR count). The van der Waals surface area contributed by atoms with Crippen LogP contribution < -0.4 is 10.6 Å². The number of ether oxygens (including phenoxy) is 1. The number of urea groups is 1. The zero-order chi connectivity index (χ0) is 15.3. The molecule has 2 amide bonds. The molecular weight excluding hydrogens is 268 g/mol. The Labute approximate surface area is 125 Å². The molecule has 0 atom stereocenters. The first-order chi connectivity index (χ1) is 10.0. The van der Waals surface area contributed by atoms with Crippen molar-refractivity contribution in [1.29, 1.82) is 0 Å². The van der Waals surface area contributed by atoms with Gasteiger partial charge in [-0.3, -0.25) is 0 Å². The first-order valence-corrected chi connectivity index (χ1v) is 7.39. The standard InChI is InChI=1S/C16H24N2O3/c1-12(2)21-9-13-4-3-5-14(8-13)18-15(20)17-10-16(11-19)6-7-16/h3-5,8,12,19H,6-7,9-11H2,1-2H3,(H2,17,18,20). The fraction of sp³-hybridized carbons (Fsp3) is 0.562. The summed E-state index contributed by atoms with van der Waals surface area (Å²) in [6.45, 7) is 5.16. The molecule has 0 saturated heterocycles. The SMILES string of the molecule is CC(C)OCc1cccc(NC(=O)NCC2(CO)CC2)c1. The molecule has 5 heteroatoms. The Bertz CT molecular complexity index is 484. The van der Waals surface area contributed by atoms with Gasteiger partial charge in [0.2, 0.25) is 0 Å². The number of benzene rings is 1. The fourth-order valence-corrected chi connectivity index (χ4v) is 2.01. The number of hydrogen-bond donors (Lipinski definition) is 3. The number of anilines is 1. The molecule has 1 aliphatic carbocycles. The van der Waals surface area contributed by atoms with Gasteiger partial charge in [-0.2, -0.15) is 0 Å². The maximum Gasteiger partial charge on any atom is 0.319 e. The predicted octanol–water partition coefficient (Wildman–Crippen LogP) is 2.51. The minimum Gasteiger partial charge on any atom is -0.396 e. The van der Waals surface area contributed by atoms with Crippen molar-refractivity contribution in [2.45, 2.75) is 39.4 Å². The van der Waals surface area contributed by atoms with E-state index in [2.05, 4.69) is 10.6 Å². The van der Waals surface area contributed by atoms with E-state index in [1.54, 1.807) is 0 Å². The predicted molar refractivity (Wildman–Crippen MR) is 82.1 cm³/mol. The highest BCUT2D eigenvalue weighted by Gasteiger charge is 2.42. The number of carbonyl (C=O) groups is 1. The van der Waals surface area contributed by atoms with E-state index in [4.69, 9.17) is 4.74 Å². The number of amides is 2. The van der Waals surface area contributed by atoms with Gasteiger partial charge in [0.05, 0.1) is 19.3 Å². The van der Waals surface area contributed by atoms with Crippen molar-refractivity contribution < 1.29 is 14.6 Å². The van der Waals surface area contributed by atoms with E-state index in [1.807, 2.05) is 38.1 Å². The van der Waals surface area contributed by atoms with Gasteiger partial charge in [-0.25, -0.2) is 4.79 Å². The molecule has 5 nitrogen and oxygen atoms in total. The van der Waals surface area contributed by atoms with Crippen LogP contribution in [0.3, 0.4) is 0 Å². The minimum atomic E-state index is -0.239. The molecule has 0 heterocycles. The van der Waals surface area contributed by atoms with Crippen LogP contribution in [0.1, 0.15) is 32.3 Å². The number of aliphatic hydroxyl groups excluding tert-OH is 1. The van der Waals surface area contributed by atoms with E-state index >= 15 is 0 Å². The maximum atomic E-state index is 11.8. The molecule has 116 valence electrons. The van der Waals surface area contributed by atoms with Crippen LogP contribution in [0.15, 0.2) is 24.3 Å². The minimum absolute atomic E-state index is 0.0791. The number of hydrogen-bond acceptors (Lipinski definition) is 3. The third kappa shape index (κ3) is 5.02. The van der Waals surface area contributed by atoms with Crippen LogP contribution >= 0.6 is 0 Å². The van der Waals surface area contributed by atoms with E-state index in [0.29, 0.717) is 13.2 Å². The number of aliphatic hydroxyl groups is 1. The molecule has 0 aromatic heterocycles. The van der Waals surface area contributed by atoms with Crippen molar-refractivity contribution >= 4 is 11.7 Å². The largest absolute Gasteiger partial charge is 0.396 e. The van der Waals surface area contributed by atoms with Gasteiger partial charge in [-0.05, 0) is 44.4 Å². The highest BCUT2D eigenvalue weighted by Crippen LogP contribution is 2.44. The van der Waals surface area contributed by atoms with Crippen molar-refractivity contribution in [1.82, 2.24) is 5.32 Å². The molecule has 0 aliphatic heterocycles. The monoisotopic (exact) mass is 292 g/mol. The molecule has 0 bridgehead atoms. The topological polar surface area (TPSA) is 70.6 Å². The van der Waals surface area contributed by atoms with E-state index in [-0.39, 0.29) is 24.2 Å². The van der Waals surface area contributed by atoms with Crippen LogP contribution in [-0.2, 0) is 11.3 Å². The Balaban J connectivity index is 1.81. The van der Waals surface area contributed by atoms with Gasteiger partial charge in [0.15, 0.2) is 0 Å². The van der Waals surface area contributed by atoms with E-state index in [0.717, 1.165) is 24.1 Å². The van der Waals surface area contributed by atoms with E-state index in [1.165, 1.54) is 0 Å². The lowest BCUT2D eigenvalue weighted by Gasteiger charge is -2.14. The first-order valence-electron chi connectivity index (χ1n) is 7.39. The highest BCUT2D eigenvalue weighted by atomic mass is 16.5. The lowest BCUT2D eigenvalue weighted by Crippen LogP contribution is -2.35. The molecule has 0 spiro atoms. The fourth-order valence-electron chi connectivity index (χ4n) is 2.01. The van der Waals surface area contributed by atoms with Crippen molar-refractivity contribution in [3.05, 3.63) is 29.8 Å². The molecular formula is C16H24N2O3. The van der Waals surface area contributed by atoms with Crippen LogP contribution in [0.5, 0.6) is 0 Å². The lowest BCUT2D eigenvalue weighted by atomic mass is 10.1. The van der Waals surface area contributed by atoms with Crippen molar-refractivity contribution in [2.75, 3.05) is 18.5 Å². The van der Waals surface area contributed by atoms with Gasteiger partial charge in [0, 0.05) is 17.6 Å².